The molecule has 4 rings (SSSR count). The number of amides is 2. The van der Waals surface area contributed by atoms with Gasteiger partial charge in [0, 0.05) is 23.5 Å². The van der Waals surface area contributed by atoms with Gasteiger partial charge in [-0.3, -0.25) is 9.59 Å². The lowest BCUT2D eigenvalue weighted by Gasteiger charge is -2.37. The summed E-state index contributed by atoms with van der Waals surface area (Å²) in [7, 11) is 0. The zero-order valence-electron chi connectivity index (χ0n) is 21.1. The summed E-state index contributed by atoms with van der Waals surface area (Å²) < 4.78 is 19.3. The van der Waals surface area contributed by atoms with Gasteiger partial charge in [-0.25, -0.2) is 4.39 Å². The summed E-state index contributed by atoms with van der Waals surface area (Å²) in [5.41, 5.74) is 2.76. The molecule has 2 heterocycles. The number of ether oxygens (including phenoxy) is 1. The van der Waals surface area contributed by atoms with Gasteiger partial charge in [0.15, 0.2) is 0 Å². The molecule has 0 spiro atoms. The average molecular weight is 509 g/mol. The van der Waals surface area contributed by atoms with Crippen LogP contribution in [0.5, 0.6) is 5.75 Å². The van der Waals surface area contributed by atoms with Gasteiger partial charge in [0.2, 0.25) is 5.91 Å². The van der Waals surface area contributed by atoms with Gasteiger partial charge in [-0.1, -0.05) is 38.0 Å². The second kappa shape index (κ2) is 11.7. The molecule has 0 aliphatic carbocycles. The first-order valence-corrected chi connectivity index (χ1v) is 13.3. The topological polar surface area (TPSA) is 49.9 Å². The minimum Gasteiger partial charge on any atom is -0.491 e. The molecule has 5 nitrogen and oxygen atoms in total. The van der Waals surface area contributed by atoms with Crippen LogP contribution in [0.2, 0.25) is 0 Å². The first-order valence-electron chi connectivity index (χ1n) is 12.5. The fourth-order valence-electron chi connectivity index (χ4n) is 4.44. The molecule has 0 bridgehead atoms. The van der Waals surface area contributed by atoms with E-state index in [1.165, 1.54) is 17.0 Å². The number of aryl methyl sites for hydroxylation is 1. The number of benzene rings is 2. The molecule has 0 saturated heterocycles. The molecule has 36 heavy (non-hydrogen) atoms. The standard InChI is InChI=1S/C29H33FN2O3S/c1-4-20(2)17-31(29(34)22-7-5-21(3)6-8-22)18-28(33)32-15-13-27-25(14-16-36-27)26(32)19-35-24-11-9-23(30)10-12-24/h5-12,14,16,20,26H,4,13,15,17-19H2,1-3H3/t20-,26-/m0/s1. The maximum absolute atomic E-state index is 13.7. The number of carbonyl (C=O) groups excluding carboxylic acids is 2. The monoisotopic (exact) mass is 508 g/mol. The Morgan fingerprint density at radius 1 is 1.14 bits per heavy atom. The highest BCUT2D eigenvalue weighted by Crippen LogP contribution is 2.34. The fourth-order valence-corrected chi connectivity index (χ4v) is 5.37. The lowest BCUT2D eigenvalue weighted by molar-refractivity contribution is -0.135. The molecule has 0 radical (unpaired) electrons. The van der Waals surface area contributed by atoms with E-state index >= 15 is 0 Å². The van der Waals surface area contributed by atoms with Gasteiger partial charge in [0.05, 0.1) is 6.04 Å². The maximum Gasteiger partial charge on any atom is 0.254 e. The number of fused-ring (bicyclic) bond motifs is 1. The molecule has 2 amide bonds. The van der Waals surface area contributed by atoms with Crippen molar-refractivity contribution in [2.45, 2.75) is 39.7 Å². The SMILES string of the molecule is CC[C@H](C)CN(CC(=O)N1CCc2sccc2[C@@H]1COc1ccc(F)cc1)C(=O)c1ccc(C)cc1. The van der Waals surface area contributed by atoms with Crippen LogP contribution in [0.1, 0.15) is 52.7 Å². The predicted molar refractivity (Wildman–Crippen MR) is 141 cm³/mol. The largest absolute Gasteiger partial charge is 0.491 e. The van der Waals surface area contributed by atoms with Gasteiger partial charge in [-0.2, -0.15) is 0 Å². The molecule has 7 heteroatoms. The highest BCUT2D eigenvalue weighted by molar-refractivity contribution is 7.10. The summed E-state index contributed by atoms with van der Waals surface area (Å²) >= 11 is 1.69. The number of hydrogen-bond acceptors (Lipinski definition) is 4. The Labute approximate surface area is 216 Å². The lowest BCUT2D eigenvalue weighted by Crippen LogP contribution is -2.48. The minimum absolute atomic E-state index is 0.0174. The van der Waals surface area contributed by atoms with Crippen LogP contribution in [-0.2, 0) is 11.2 Å². The van der Waals surface area contributed by atoms with Crippen molar-refractivity contribution in [3.63, 3.8) is 0 Å². The van der Waals surface area contributed by atoms with E-state index in [1.807, 2.05) is 47.5 Å². The summed E-state index contributed by atoms with van der Waals surface area (Å²) in [6.45, 7) is 7.53. The molecule has 1 aliphatic heterocycles. The normalized spacial score (nSPS) is 15.8. The first-order chi connectivity index (χ1) is 17.4. The summed E-state index contributed by atoms with van der Waals surface area (Å²) in [5.74, 6) is 0.282. The van der Waals surface area contributed by atoms with Crippen LogP contribution in [0.15, 0.2) is 60.0 Å². The molecular weight excluding hydrogens is 475 g/mol. The van der Waals surface area contributed by atoms with E-state index in [1.54, 1.807) is 28.4 Å². The molecule has 0 saturated carbocycles. The second-order valence-corrected chi connectivity index (χ2v) is 10.5. The molecule has 1 aromatic heterocycles. The third-order valence-electron chi connectivity index (χ3n) is 6.78. The Kier molecular flexibility index (Phi) is 8.41. The Hall–Kier alpha value is -3.19. The Morgan fingerprint density at radius 2 is 1.86 bits per heavy atom. The van der Waals surface area contributed by atoms with Crippen molar-refractivity contribution in [2.75, 3.05) is 26.2 Å². The van der Waals surface area contributed by atoms with Crippen LogP contribution in [0, 0.1) is 18.7 Å². The summed E-state index contributed by atoms with van der Waals surface area (Å²) in [5, 5.41) is 2.04. The van der Waals surface area contributed by atoms with E-state index in [-0.39, 0.29) is 42.7 Å². The van der Waals surface area contributed by atoms with Gasteiger partial charge in [0.1, 0.15) is 24.7 Å². The minimum atomic E-state index is -0.323. The predicted octanol–water partition coefficient (Wildman–Crippen LogP) is 5.89. The van der Waals surface area contributed by atoms with E-state index in [4.69, 9.17) is 4.74 Å². The van der Waals surface area contributed by atoms with Gasteiger partial charge >= 0.3 is 0 Å². The van der Waals surface area contributed by atoms with Crippen LogP contribution in [0.25, 0.3) is 0 Å². The van der Waals surface area contributed by atoms with Gasteiger partial charge in [-0.05, 0) is 72.7 Å². The number of halogens is 1. The highest BCUT2D eigenvalue weighted by Gasteiger charge is 2.34. The van der Waals surface area contributed by atoms with Crippen LogP contribution < -0.4 is 4.74 Å². The molecule has 2 aromatic carbocycles. The zero-order chi connectivity index (χ0) is 25.7. The fraction of sp³-hybridized carbons (Fsp3) is 0.379. The van der Waals surface area contributed by atoms with Crippen molar-refractivity contribution in [1.82, 2.24) is 9.80 Å². The summed E-state index contributed by atoms with van der Waals surface area (Å²) in [6.07, 6.45) is 1.70. The van der Waals surface area contributed by atoms with Crippen LogP contribution in [0.4, 0.5) is 4.39 Å². The Bertz CT molecular complexity index is 1180. The Morgan fingerprint density at radius 3 is 2.56 bits per heavy atom. The van der Waals surface area contributed by atoms with Crippen molar-refractivity contribution in [3.05, 3.63) is 87.4 Å². The number of rotatable bonds is 9. The third kappa shape index (κ3) is 6.13. The van der Waals surface area contributed by atoms with E-state index in [9.17, 15) is 14.0 Å². The first kappa shape index (κ1) is 25.9. The number of nitrogens with zero attached hydrogens (tertiary/aromatic N) is 2. The van der Waals surface area contributed by atoms with Crippen molar-refractivity contribution in [1.29, 1.82) is 0 Å². The van der Waals surface area contributed by atoms with Crippen molar-refractivity contribution >= 4 is 23.2 Å². The van der Waals surface area contributed by atoms with E-state index in [0.29, 0.717) is 24.4 Å². The molecule has 2 atom stereocenters. The molecular formula is C29H33FN2O3S. The molecule has 3 aromatic rings. The van der Waals surface area contributed by atoms with E-state index < -0.39 is 0 Å². The molecule has 0 unspecified atom stereocenters. The average Bonchev–Trinajstić information content (AvgIpc) is 3.37. The van der Waals surface area contributed by atoms with Crippen LogP contribution in [-0.4, -0.2) is 47.9 Å². The maximum atomic E-state index is 13.7. The molecule has 190 valence electrons. The third-order valence-corrected chi connectivity index (χ3v) is 7.77. The Balaban J connectivity index is 1.53. The van der Waals surface area contributed by atoms with Gasteiger partial charge < -0.3 is 14.5 Å². The number of thiophene rings is 1. The highest BCUT2D eigenvalue weighted by atomic mass is 32.1. The van der Waals surface area contributed by atoms with E-state index in [2.05, 4.69) is 13.8 Å². The molecule has 1 aliphatic rings. The zero-order valence-corrected chi connectivity index (χ0v) is 21.9. The lowest BCUT2D eigenvalue weighted by atomic mass is 10.00. The number of carbonyl (C=O) groups is 2. The smallest absolute Gasteiger partial charge is 0.254 e. The van der Waals surface area contributed by atoms with Gasteiger partial charge in [-0.15, -0.1) is 11.3 Å². The molecule has 0 fully saturated rings. The van der Waals surface area contributed by atoms with Crippen molar-refractivity contribution < 1.29 is 18.7 Å². The summed E-state index contributed by atoms with van der Waals surface area (Å²) in [6, 6.07) is 15.2. The van der Waals surface area contributed by atoms with E-state index in [0.717, 1.165) is 24.0 Å². The number of hydrogen-bond donors (Lipinski definition) is 0. The quantitative estimate of drug-likeness (QED) is 0.362. The van der Waals surface area contributed by atoms with Crippen LogP contribution in [0.3, 0.4) is 0 Å². The van der Waals surface area contributed by atoms with Crippen molar-refractivity contribution in [3.8, 4) is 5.75 Å². The second-order valence-electron chi connectivity index (χ2n) is 9.48. The van der Waals surface area contributed by atoms with Crippen LogP contribution >= 0.6 is 11.3 Å². The molecule has 0 N–H and O–H groups in total. The van der Waals surface area contributed by atoms with Gasteiger partial charge in [0.25, 0.3) is 5.91 Å². The van der Waals surface area contributed by atoms with Crippen molar-refractivity contribution in [2.24, 2.45) is 5.92 Å². The summed E-state index contributed by atoms with van der Waals surface area (Å²) in [4.78, 5) is 31.9.